The molecule has 2 aromatic rings. The van der Waals surface area contributed by atoms with Crippen LogP contribution in [0.1, 0.15) is 34.5 Å². The molecular weight excluding hydrogens is 293 g/mol. The van der Waals surface area contributed by atoms with E-state index in [2.05, 4.69) is 5.32 Å². The highest BCUT2D eigenvalue weighted by Crippen LogP contribution is 2.26. The minimum absolute atomic E-state index is 0.0787. The molecule has 0 aromatic heterocycles. The lowest BCUT2D eigenvalue weighted by Gasteiger charge is -2.18. The lowest BCUT2D eigenvalue weighted by Crippen LogP contribution is -2.10. The van der Waals surface area contributed by atoms with E-state index in [1.807, 2.05) is 6.92 Å². The van der Waals surface area contributed by atoms with Crippen LogP contribution in [0, 0.1) is 12.7 Å². The first-order valence-electron chi connectivity index (χ1n) is 6.44. The van der Waals surface area contributed by atoms with Crippen LogP contribution in [-0.4, -0.2) is 11.1 Å². The van der Waals surface area contributed by atoms with E-state index in [0.717, 1.165) is 5.56 Å². The van der Waals surface area contributed by atoms with Crippen molar-refractivity contribution >= 4 is 23.3 Å². The Morgan fingerprint density at radius 1 is 1.33 bits per heavy atom. The molecule has 0 saturated heterocycles. The Labute approximate surface area is 127 Å². The number of carboxylic acids is 1. The summed E-state index contributed by atoms with van der Waals surface area (Å²) in [6, 6.07) is 9.45. The van der Waals surface area contributed by atoms with Crippen molar-refractivity contribution in [2.24, 2.45) is 0 Å². The molecule has 0 fully saturated rings. The Balaban J connectivity index is 2.27. The molecule has 0 bridgehead atoms. The summed E-state index contributed by atoms with van der Waals surface area (Å²) in [6.45, 7) is 3.61. The molecule has 0 aliphatic heterocycles. The summed E-state index contributed by atoms with van der Waals surface area (Å²) in [7, 11) is 0. The Kier molecular flexibility index (Phi) is 4.48. The van der Waals surface area contributed by atoms with Gasteiger partial charge in [-0.1, -0.05) is 23.7 Å². The highest BCUT2D eigenvalue weighted by molar-refractivity contribution is 6.30. The SMILES string of the molecule is Cc1c(NC(C)c2ccc(Cl)c(F)c2)cccc1C(=O)O. The third kappa shape index (κ3) is 3.34. The predicted molar refractivity (Wildman–Crippen MR) is 81.6 cm³/mol. The van der Waals surface area contributed by atoms with Crippen LogP contribution in [0.15, 0.2) is 36.4 Å². The quantitative estimate of drug-likeness (QED) is 0.863. The Bertz CT molecular complexity index is 688. The van der Waals surface area contributed by atoms with E-state index in [9.17, 15) is 9.18 Å². The number of anilines is 1. The monoisotopic (exact) mass is 307 g/mol. The second kappa shape index (κ2) is 6.14. The topological polar surface area (TPSA) is 49.3 Å². The van der Waals surface area contributed by atoms with Gasteiger partial charge in [0.2, 0.25) is 0 Å². The zero-order valence-corrected chi connectivity index (χ0v) is 12.4. The van der Waals surface area contributed by atoms with Gasteiger partial charge in [0.15, 0.2) is 0 Å². The second-order valence-corrected chi connectivity index (χ2v) is 5.23. The number of hydrogen-bond acceptors (Lipinski definition) is 2. The maximum Gasteiger partial charge on any atom is 0.336 e. The number of rotatable bonds is 4. The molecule has 0 heterocycles. The minimum atomic E-state index is -0.971. The van der Waals surface area contributed by atoms with E-state index in [1.54, 1.807) is 31.2 Å². The lowest BCUT2D eigenvalue weighted by molar-refractivity contribution is 0.0696. The molecule has 110 valence electrons. The van der Waals surface area contributed by atoms with Crippen LogP contribution in [0.25, 0.3) is 0 Å². The van der Waals surface area contributed by atoms with Crippen LogP contribution < -0.4 is 5.32 Å². The zero-order valence-electron chi connectivity index (χ0n) is 11.7. The summed E-state index contributed by atoms with van der Waals surface area (Å²) < 4.78 is 13.5. The van der Waals surface area contributed by atoms with Gasteiger partial charge in [-0.05, 0) is 49.2 Å². The van der Waals surface area contributed by atoms with Crippen molar-refractivity contribution in [2.75, 3.05) is 5.32 Å². The first kappa shape index (κ1) is 15.3. The fraction of sp³-hybridized carbons (Fsp3) is 0.188. The van der Waals surface area contributed by atoms with E-state index >= 15 is 0 Å². The van der Waals surface area contributed by atoms with Gasteiger partial charge in [0.25, 0.3) is 0 Å². The van der Waals surface area contributed by atoms with Crippen molar-refractivity contribution in [2.45, 2.75) is 19.9 Å². The van der Waals surface area contributed by atoms with Crippen molar-refractivity contribution in [3.8, 4) is 0 Å². The molecule has 2 rings (SSSR count). The van der Waals surface area contributed by atoms with Crippen molar-refractivity contribution in [3.63, 3.8) is 0 Å². The zero-order chi connectivity index (χ0) is 15.6. The molecule has 2 aromatic carbocycles. The predicted octanol–water partition coefficient (Wildman–Crippen LogP) is 4.66. The van der Waals surface area contributed by atoms with Crippen molar-refractivity contribution in [1.82, 2.24) is 0 Å². The van der Waals surface area contributed by atoms with Gasteiger partial charge in [-0.3, -0.25) is 0 Å². The molecule has 2 N–H and O–H groups in total. The van der Waals surface area contributed by atoms with Crippen LogP contribution in [-0.2, 0) is 0 Å². The van der Waals surface area contributed by atoms with Gasteiger partial charge in [-0.15, -0.1) is 0 Å². The fourth-order valence-corrected chi connectivity index (χ4v) is 2.24. The normalized spacial score (nSPS) is 12.0. The molecule has 0 amide bonds. The van der Waals surface area contributed by atoms with Gasteiger partial charge in [0.1, 0.15) is 5.82 Å². The highest BCUT2D eigenvalue weighted by Gasteiger charge is 2.13. The van der Waals surface area contributed by atoms with E-state index in [4.69, 9.17) is 16.7 Å². The Morgan fingerprint density at radius 3 is 2.67 bits per heavy atom. The maximum absolute atomic E-state index is 13.5. The largest absolute Gasteiger partial charge is 0.478 e. The van der Waals surface area contributed by atoms with Gasteiger partial charge in [-0.25, -0.2) is 9.18 Å². The summed E-state index contributed by atoms with van der Waals surface area (Å²) in [4.78, 5) is 11.1. The number of aromatic carboxylic acids is 1. The van der Waals surface area contributed by atoms with E-state index in [1.165, 1.54) is 12.1 Å². The van der Waals surface area contributed by atoms with Crippen molar-refractivity contribution in [3.05, 3.63) is 63.9 Å². The fourth-order valence-electron chi connectivity index (χ4n) is 2.12. The van der Waals surface area contributed by atoms with Crippen LogP contribution in [0.5, 0.6) is 0 Å². The van der Waals surface area contributed by atoms with E-state index in [0.29, 0.717) is 11.3 Å². The van der Waals surface area contributed by atoms with Gasteiger partial charge < -0.3 is 10.4 Å². The standard InChI is InChI=1S/C16H15ClFNO2/c1-9-12(16(20)21)4-3-5-15(9)19-10(2)11-6-7-13(17)14(18)8-11/h3-8,10,19H,1-2H3,(H,20,21). The number of hydrogen-bond donors (Lipinski definition) is 2. The third-order valence-corrected chi connectivity index (χ3v) is 3.69. The first-order valence-corrected chi connectivity index (χ1v) is 6.82. The van der Waals surface area contributed by atoms with E-state index < -0.39 is 11.8 Å². The molecule has 0 aliphatic rings. The molecule has 0 saturated carbocycles. The van der Waals surface area contributed by atoms with Crippen molar-refractivity contribution in [1.29, 1.82) is 0 Å². The molecule has 3 nitrogen and oxygen atoms in total. The molecule has 0 spiro atoms. The minimum Gasteiger partial charge on any atom is -0.478 e. The van der Waals surface area contributed by atoms with Crippen LogP contribution in [0.4, 0.5) is 10.1 Å². The van der Waals surface area contributed by atoms with Gasteiger partial charge in [-0.2, -0.15) is 0 Å². The Morgan fingerprint density at radius 2 is 2.05 bits per heavy atom. The third-order valence-electron chi connectivity index (χ3n) is 3.38. The number of nitrogens with one attached hydrogen (secondary N) is 1. The highest BCUT2D eigenvalue weighted by atomic mass is 35.5. The van der Waals surface area contributed by atoms with Crippen LogP contribution in [0.2, 0.25) is 5.02 Å². The molecule has 0 aliphatic carbocycles. The average Bonchev–Trinajstić information content (AvgIpc) is 2.43. The Hall–Kier alpha value is -2.07. The summed E-state index contributed by atoms with van der Waals surface area (Å²) in [5.74, 6) is -1.44. The van der Waals surface area contributed by atoms with Gasteiger partial charge in [0.05, 0.1) is 10.6 Å². The molecule has 1 unspecified atom stereocenters. The van der Waals surface area contributed by atoms with Crippen molar-refractivity contribution < 1.29 is 14.3 Å². The summed E-state index contributed by atoms with van der Waals surface area (Å²) in [6.07, 6.45) is 0. The first-order chi connectivity index (χ1) is 9.90. The van der Waals surface area contributed by atoms with Gasteiger partial charge >= 0.3 is 5.97 Å². The van der Waals surface area contributed by atoms with Crippen LogP contribution >= 0.6 is 11.6 Å². The second-order valence-electron chi connectivity index (χ2n) is 4.82. The summed E-state index contributed by atoms with van der Waals surface area (Å²) in [5, 5.41) is 12.4. The molecular formula is C16H15ClFNO2. The number of benzene rings is 2. The maximum atomic E-state index is 13.5. The van der Waals surface area contributed by atoms with Gasteiger partial charge in [0, 0.05) is 11.7 Å². The summed E-state index contributed by atoms with van der Waals surface area (Å²) in [5.41, 5.74) is 2.33. The number of carboxylic acid groups (broad SMARTS) is 1. The lowest BCUT2D eigenvalue weighted by atomic mass is 10.0. The summed E-state index contributed by atoms with van der Waals surface area (Å²) >= 11 is 5.67. The van der Waals surface area contributed by atoms with Crippen LogP contribution in [0.3, 0.4) is 0 Å². The molecule has 1 atom stereocenters. The molecule has 0 radical (unpaired) electrons. The number of carbonyl (C=O) groups is 1. The van der Waals surface area contributed by atoms with E-state index in [-0.39, 0.29) is 16.6 Å². The molecule has 5 heteroatoms. The number of halogens is 2. The smallest absolute Gasteiger partial charge is 0.336 e. The average molecular weight is 308 g/mol. The molecule has 21 heavy (non-hydrogen) atoms.